The summed E-state index contributed by atoms with van der Waals surface area (Å²) in [4.78, 5) is 2.70. The van der Waals surface area contributed by atoms with E-state index >= 15 is 0 Å². The van der Waals surface area contributed by atoms with Gasteiger partial charge >= 0.3 is 0 Å². The van der Waals surface area contributed by atoms with E-state index in [1.807, 2.05) is 0 Å². The second kappa shape index (κ2) is 8.16. The molecule has 0 aliphatic carbocycles. The fourth-order valence-electron chi connectivity index (χ4n) is 2.90. The third-order valence-electron chi connectivity index (χ3n) is 4.01. The van der Waals surface area contributed by atoms with Gasteiger partial charge in [0.2, 0.25) is 0 Å². The van der Waals surface area contributed by atoms with Gasteiger partial charge in [-0.3, -0.25) is 4.90 Å². The maximum atomic E-state index is 3.70. The van der Waals surface area contributed by atoms with Gasteiger partial charge in [-0.1, -0.05) is 40.5 Å². The minimum atomic E-state index is 0.714. The highest BCUT2D eigenvalue weighted by atomic mass is 15.2. The predicted octanol–water partition coefficient (Wildman–Crippen LogP) is 3.52. The fourth-order valence-corrected chi connectivity index (χ4v) is 2.90. The van der Waals surface area contributed by atoms with Crippen LogP contribution in [-0.4, -0.2) is 36.6 Å². The Morgan fingerprint density at radius 2 is 1.83 bits per heavy atom. The first-order chi connectivity index (χ1) is 8.49. The first-order valence-corrected chi connectivity index (χ1v) is 7.96. The van der Waals surface area contributed by atoms with Crippen LogP contribution in [0, 0.1) is 11.8 Å². The van der Waals surface area contributed by atoms with E-state index in [0.717, 1.165) is 11.8 Å². The fraction of sp³-hybridized carbons (Fsp3) is 1.00. The molecule has 0 bridgehead atoms. The lowest BCUT2D eigenvalue weighted by molar-refractivity contribution is 0.129. The summed E-state index contributed by atoms with van der Waals surface area (Å²) in [6.45, 7) is 15.4. The quantitative estimate of drug-likeness (QED) is 0.699. The van der Waals surface area contributed by atoms with E-state index in [1.165, 1.54) is 45.3 Å². The van der Waals surface area contributed by atoms with Crippen LogP contribution in [0.3, 0.4) is 0 Å². The van der Waals surface area contributed by atoms with Crippen LogP contribution >= 0.6 is 0 Å². The Labute approximate surface area is 115 Å². The summed E-state index contributed by atoms with van der Waals surface area (Å²) in [5, 5.41) is 3.70. The summed E-state index contributed by atoms with van der Waals surface area (Å²) in [6, 6.07) is 1.43. The number of nitrogens with zero attached hydrogens (tertiary/aromatic N) is 1. The van der Waals surface area contributed by atoms with Crippen LogP contribution in [0.5, 0.6) is 0 Å². The molecule has 2 nitrogen and oxygen atoms in total. The highest BCUT2D eigenvalue weighted by Gasteiger charge is 2.24. The first kappa shape index (κ1) is 16.0. The highest BCUT2D eigenvalue weighted by Crippen LogP contribution is 2.15. The number of hydrogen-bond donors (Lipinski definition) is 1. The molecule has 2 atom stereocenters. The van der Waals surface area contributed by atoms with E-state index in [1.54, 1.807) is 0 Å². The maximum Gasteiger partial charge on any atom is 0.0198 e. The molecule has 0 aromatic heterocycles. The molecule has 0 saturated carbocycles. The monoisotopic (exact) mass is 254 g/mol. The molecule has 1 aliphatic rings. The van der Waals surface area contributed by atoms with Crippen LogP contribution in [0.15, 0.2) is 0 Å². The van der Waals surface area contributed by atoms with Crippen LogP contribution in [0.25, 0.3) is 0 Å². The maximum absolute atomic E-state index is 3.70. The average Bonchev–Trinajstić information content (AvgIpc) is 2.27. The second-order valence-corrected chi connectivity index (χ2v) is 6.97. The van der Waals surface area contributed by atoms with Crippen LogP contribution in [0.2, 0.25) is 0 Å². The van der Waals surface area contributed by atoms with Crippen molar-refractivity contribution < 1.29 is 0 Å². The Hall–Kier alpha value is -0.0800. The smallest absolute Gasteiger partial charge is 0.0198 e. The van der Waals surface area contributed by atoms with Gasteiger partial charge in [-0.25, -0.2) is 0 Å². The third kappa shape index (κ3) is 6.19. The summed E-state index contributed by atoms with van der Waals surface area (Å²) in [7, 11) is 0. The summed E-state index contributed by atoms with van der Waals surface area (Å²) >= 11 is 0. The molecular weight excluding hydrogens is 220 g/mol. The van der Waals surface area contributed by atoms with Gasteiger partial charge in [0.1, 0.15) is 0 Å². The molecule has 0 radical (unpaired) electrons. The zero-order chi connectivity index (χ0) is 13.5. The summed E-state index contributed by atoms with van der Waals surface area (Å²) < 4.78 is 0. The normalized spacial score (nSPS) is 26.2. The van der Waals surface area contributed by atoms with Crippen molar-refractivity contribution in [2.24, 2.45) is 11.8 Å². The van der Waals surface area contributed by atoms with E-state index in [4.69, 9.17) is 0 Å². The number of unbranched alkanes of at least 4 members (excludes halogenated alkanes) is 1. The standard InChI is InChI=1S/C16H34N2/c1-13(2)8-6-7-9-18-12-16(10-14(3)4)17-11-15(18)5/h13-17H,6-12H2,1-5H3. The minimum Gasteiger partial charge on any atom is -0.311 e. The Balaban J connectivity index is 2.24. The van der Waals surface area contributed by atoms with Crippen LogP contribution in [0.4, 0.5) is 0 Å². The third-order valence-corrected chi connectivity index (χ3v) is 4.01. The molecule has 18 heavy (non-hydrogen) atoms. The molecule has 2 unspecified atom stereocenters. The Morgan fingerprint density at radius 1 is 1.11 bits per heavy atom. The van der Waals surface area contributed by atoms with Gasteiger partial charge in [0.05, 0.1) is 0 Å². The van der Waals surface area contributed by atoms with Crippen molar-refractivity contribution in [1.82, 2.24) is 10.2 Å². The lowest BCUT2D eigenvalue weighted by Gasteiger charge is -2.39. The first-order valence-electron chi connectivity index (χ1n) is 7.96. The van der Waals surface area contributed by atoms with Crippen molar-refractivity contribution in [2.75, 3.05) is 19.6 Å². The molecule has 0 aromatic rings. The molecule has 2 heteroatoms. The SMILES string of the molecule is CC(C)CCCCN1CC(CC(C)C)NCC1C. The van der Waals surface area contributed by atoms with Crippen molar-refractivity contribution in [3.05, 3.63) is 0 Å². The topological polar surface area (TPSA) is 15.3 Å². The van der Waals surface area contributed by atoms with Gasteiger partial charge in [0.15, 0.2) is 0 Å². The van der Waals surface area contributed by atoms with E-state index in [-0.39, 0.29) is 0 Å². The van der Waals surface area contributed by atoms with Crippen LogP contribution in [-0.2, 0) is 0 Å². The van der Waals surface area contributed by atoms with Crippen molar-refractivity contribution in [3.8, 4) is 0 Å². The largest absolute Gasteiger partial charge is 0.311 e. The Morgan fingerprint density at radius 3 is 2.44 bits per heavy atom. The minimum absolute atomic E-state index is 0.714. The number of hydrogen-bond acceptors (Lipinski definition) is 2. The van der Waals surface area contributed by atoms with Crippen LogP contribution < -0.4 is 5.32 Å². The molecule has 0 spiro atoms. The molecule has 1 N–H and O–H groups in total. The Kier molecular flexibility index (Phi) is 7.25. The lowest BCUT2D eigenvalue weighted by atomic mass is 9.99. The van der Waals surface area contributed by atoms with Crippen molar-refractivity contribution >= 4 is 0 Å². The zero-order valence-corrected chi connectivity index (χ0v) is 13.2. The van der Waals surface area contributed by atoms with E-state index in [2.05, 4.69) is 44.8 Å². The molecule has 1 heterocycles. The molecule has 1 rings (SSSR count). The molecule has 0 aromatic carbocycles. The van der Waals surface area contributed by atoms with E-state index in [0.29, 0.717) is 12.1 Å². The second-order valence-electron chi connectivity index (χ2n) is 6.97. The zero-order valence-electron chi connectivity index (χ0n) is 13.2. The van der Waals surface area contributed by atoms with Gasteiger partial charge in [0, 0.05) is 25.2 Å². The predicted molar refractivity (Wildman–Crippen MR) is 81.0 cm³/mol. The van der Waals surface area contributed by atoms with Gasteiger partial charge < -0.3 is 5.32 Å². The van der Waals surface area contributed by atoms with E-state index < -0.39 is 0 Å². The molecular formula is C16H34N2. The van der Waals surface area contributed by atoms with Gasteiger partial charge in [-0.15, -0.1) is 0 Å². The van der Waals surface area contributed by atoms with Gasteiger partial charge in [-0.2, -0.15) is 0 Å². The number of rotatable bonds is 7. The summed E-state index contributed by atoms with van der Waals surface area (Å²) in [5.74, 6) is 1.66. The lowest BCUT2D eigenvalue weighted by Crippen LogP contribution is -2.55. The van der Waals surface area contributed by atoms with E-state index in [9.17, 15) is 0 Å². The molecule has 108 valence electrons. The average molecular weight is 254 g/mol. The summed E-state index contributed by atoms with van der Waals surface area (Å²) in [5.41, 5.74) is 0. The van der Waals surface area contributed by atoms with Crippen molar-refractivity contribution in [3.63, 3.8) is 0 Å². The van der Waals surface area contributed by atoms with Crippen molar-refractivity contribution in [1.29, 1.82) is 0 Å². The highest BCUT2D eigenvalue weighted by molar-refractivity contribution is 4.84. The summed E-state index contributed by atoms with van der Waals surface area (Å²) in [6.07, 6.45) is 5.46. The Bertz CT molecular complexity index is 213. The molecule has 0 amide bonds. The molecule has 1 aliphatic heterocycles. The molecule has 1 saturated heterocycles. The van der Waals surface area contributed by atoms with Crippen molar-refractivity contribution in [2.45, 2.75) is 72.4 Å². The number of piperazine rings is 1. The van der Waals surface area contributed by atoms with Crippen LogP contribution in [0.1, 0.15) is 60.3 Å². The molecule has 1 fully saturated rings. The van der Waals surface area contributed by atoms with Gasteiger partial charge in [0.25, 0.3) is 0 Å². The number of nitrogens with one attached hydrogen (secondary N) is 1. The van der Waals surface area contributed by atoms with Gasteiger partial charge in [-0.05, 0) is 38.1 Å².